The first-order chi connectivity index (χ1) is 5.75. The minimum Gasteiger partial charge on any atom is -0.483 e. The average molecular weight is 166 g/mol. The summed E-state index contributed by atoms with van der Waals surface area (Å²) in [5, 5.41) is 9.08. The molecule has 0 amide bonds. The Balaban J connectivity index is 2.37. The van der Waals surface area contributed by atoms with E-state index in [0.29, 0.717) is 11.5 Å². The summed E-state index contributed by atoms with van der Waals surface area (Å²) in [7, 11) is 0. The number of hydrogen-bond acceptors (Lipinski definition) is 3. The van der Waals surface area contributed by atoms with Crippen molar-refractivity contribution in [2.75, 3.05) is 6.61 Å². The van der Waals surface area contributed by atoms with Crippen molar-refractivity contribution in [2.45, 2.75) is 13.2 Å². The molecule has 0 radical (unpaired) electrons. The van der Waals surface area contributed by atoms with Gasteiger partial charge in [0.15, 0.2) is 18.1 Å². The van der Waals surface area contributed by atoms with Crippen molar-refractivity contribution in [1.29, 1.82) is 0 Å². The number of fused-ring (bicyclic) bond motifs is 1. The highest BCUT2D eigenvalue weighted by Gasteiger charge is 2.17. The molecule has 1 atom stereocenters. The van der Waals surface area contributed by atoms with E-state index in [0.717, 1.165) is 5.56 Å². The van der Waals surface area contributed by atoms with E-state index in [1.807, 2.05) is 19.1 Å². The number of aliphatic hydroxyl groups is 1. The van der Waals surface area contributed by atoms with Crippen LogP contribution in [0.2, 0.25) is 0 Å². The largest absolute Gasteiger partial charge is 0.483 e. The second kappa shape index (κ2) is 2.68. The van der Waals surface area contributed by atoms with Crippen LogP contribution in [0.25, 0.3) is 0 Å². The molecule has 1 aromatic rings. The van der Waals surface area contributed by atoms with E-state index in [1.165, 1.54) is 0 Å². The average Bonchev–Trinajstić information content (AvgIpc) is 2.05. The Bertz CT molecular complexity index is 296. The summed E-state index contributed by atoms with van der Waals surface area (Å²) in [6, 6.07) is 5.61. The van der Waals surface area contributed by atoms with Crippen molar-refractivity contribution in [3.8, 4) is 11.5 Å². The van der Waals surface area contributed by atoms with Crippen LogP contribution in [0, 0.1) is 6.92 Å². The Morgan fingerprint density at radius 3 is 3.08 bits per heavy atom. The number of ether oxygens (including phenoxy) is 2. The minimum atomic E-state index is -0.833. The second-order valence-electron chi connectivity index (χ2n) is 2.83. The molecule has 0 fully saturated rings. The van der Waals surface area contributed by atoms with Crippen molar-refractivity contribution in [2.24, 2.45) is 0 Å². The van der Waals surface area contributed by atoms with Gasteiger partial charge in [-0.3, -0.25) is 0 Å². The summed E-state index contributed by atoms with van der Waals surface area (Å²) in [4.78, 5) is 0. The van der Waals surface area contributed by atoms with Crippen molar-refractivity contribution in [3.05, 3.63) is 23.8 Å². The molecule has 0 saturated heterocycles. The Hall–Kier alpha value is -1.22. The zero-order chi connectivity index (χ0) is 8.55. The summed E-state index contributed by atoms with van der Waals surface area (Å²) >= 11 is 0. The zero-order valence-corrected chi connectivity index (χ0v) is 6.78. The third-order valence-electron chi connectivity index (χ3n) is 1.74. The lowest BCUT2D eigenvalue weighted by Gasteiger charge is -2.22. The maximum absolute atomic E-state index is 9.08. The predicted octanol–water partition coefficient (Wildman–Crippen LogP) is 1.08. The third kappa shape index (κ3) is 1.23. The fraction of sp³-hybridized carbons (Fsp3) is 0.333. The maximum atomic E-state index is 9.08. The van der Waals surface area contributed by atoms with Gasteiger partial charge in [-0.15, -0.1) is 0 Å². The molecule has 0 aliphatic carbocycles. The molecule has 3 nitrogen and oxygen atoms in total. The standard InChI is InChI=1S/C9H10O3/c1-6-2-3-7-8(4-6)11-5-9(10)12-7/h2-4,9-10H,5H2,1H3. The van der Waals surface area contributed by atoms with Crippen LogP contribution in [-0.2, 0) is 0 Å². The van der Waals surface area contributed by atoms with Gasteiger partial charge in [-0.05, 0) is 24.6 Å². The van der Waals surface area contributed by atoms with E-state index in [9.17, 15) is 0 Å². The Kier molecular flexibility index (Phi) is 1.66. The van der Waals surface area contributed by atoms with Crippen LogP contribution in [0.3, 0.4) is 0 Å². The number of aliphatic hydroxyl groups excluding tert-OH is 1. The molecule has 1 aliphatic heterocycles. The molecular weight excluding hydrogens is 156 g/mol. The fourth-order valence-corrected chi connectivity index (χ4v) is 1.17. The molecule has 1 heterocycles. The van der Waals surface area contributed by atoms with Crippen molar-refractivity contribution < 1.29 is 14.6 Å². The zero-order valence-electron chi connectivity index (χ0n) is 6.78. The summed E-state index contributed by atoms with van der Waals surface area (Å²) in [6.07, 6.45) is -0.833. The molecule has 2 rings (SSSR count). The summed E-state index contributed by atoms with van der Waals surface area (Å²) in [5.74, 6) is 1.32. The van der Waals surface area contributed by atoms with Crippen LogP contribution in [0.1, 0.15) is 5.56 Å². The topological polar surface area (TPSA) is 38.7 Å². The highest BCUT2D eigenvalue weighted by atomic mass is 16.7. The molecule has 1 N–H and O–H groups in total. The molecular formula is C9H10O3. The van der Waals surface area contributed by atoms with Gasteiger partial charge in [-0.1, -0.05) is 6.07 Å². The van der Waals surface area contributed by atoms with Crippen LogP contribution in [0.4, 0.5) is 0 Å². The first-order valence-corrected chi connectivity index (χ1v) is 3.84. The van der Waals surface area contributed by atoms with Gasteiger partial charge < -0.3 is 14.6 Å². The summed E-state index contributed by atoms with van der Waals surface area (Å²) < 4.78 is 10.4. The molecule has 3 heteroatoms. The van der Waals surface area contributed by atoms with Gasteiger partial charge in [-0.25, -0.2) is 0 Å². The van der Waals surface area contributed by atoms with E-state index in [-0.39, 0.29) is 6.61 Å². The first kappa shape index (κ1) is 7.43. The summed E-state index contributed by atoms with van der Waals surface area (Å²) in [6.45, 7) is 2.19. The lowest BCUT2D eigenvalue weighted by molar-refractivity contribution is -0.0670. The highest BCUT2D eigenvalue weighted by molar-refractivity contribution is 5.43. The Morgan fingerprint density at radius 2 is 2.25 bits per heavy atom. The van der Waals surface area contributed by atoms with E-state index in [2.05, 4.69) is 0 Å². The van der Waals surface area contributed by atoms with Crippen molar-refractivity contribution in [3.63, 3.8) is 0 Å². The predicted molar refractivity (Wildman–Crippen MR) is 43.3 cm³/mol. The normalized spacial score (nSPS) is 20.7. The lowest BCUT2D eigenvalue weighted by atomic mass is 10.2. The number of benzene rings is 1. The van der Waals surface area contributed by atoms with Crippen LogP contribution in [0.5, 0.6) is 11.5 Å². The van der Waals surface area contributed by atoms with E-state index < -0.39 is 6.29 Å². The molecule has 1 unspecified atom stereocenters. The van der Waals surface area contributed by atoms with E-state index >= 15 is 0 Å². The fourth-order valence-electron chi connectivity index (χ4n) is 1.17. The smallest absolute Gasteiger partial charge is 0.232 e. The number of rotatable bonds is 0. The third-order valence-corrected chi connectivity index (χ3v) is 1.74. The molecule has 12 heavy (non-hydrogen) atoms. The highest BCUT2D eigenvalue weighted by Crippen LogP contribution is 2.31. The lowest BCUT2D eigenvalue weighted by Crippen LogP contribution is -2.28. The Labute approximate surface area is 70.5 Å². The molecule has 0 bridgehead atoms. The van der Waals surface area contributed by atoms with Crippen LogP contribution >= 0.6 is 0 Å². The molecule has 0 saturated carbocycles. The Morgan fingerprint density at radius 1 is 1.42 bits per heavy atom. The molecule has 64 valence electrons. The summed E-state index contributed by atoms with van der Waals surface area (Å²) in [5.41, 5.74) is 1.12. The van der Waals surface area contributed by atoms with Crippen LogP contribution in [0.15, 0.2) is 18.2 Å². The molecule has 0 aromatic heterocycles. The van der Waals surface area contributed by atoms with E-state index in [4.69, 9.17) is 14.6 Å². The van der Waals surface area contributed by atoms with Crippen molar-refractivity contribution in [1.82, 2.24) is 0 Å². The number of hydrogen-bond donors (Lipinski definition) is 1. The quantitative estimate of drug-likeness (QED) is 0.626. The molecule has 1 aliphatic rings. The monoisotopic (exact) mass is 166 g/mol. The SMILES string of the molecule is Cc1ccc2c(c1)OCC(O)O2. The van der Waals surface area contributed by atoms with Gasteiger partial charge >= 0.3 is 0 Å². The van der Waals surface area contributed by atoms with Gasteiger partial charge in [0.25, 0.3) is 0 Å². The van der Waals surface area contributed by atoms with Crippen LogP contribution < -0.4 is 9.47 Å². The minimum absolute atomic E-state index is 0.205. The van der Waals surface area contributed by atoms with Gasteiger partial charge in [0.05, 0.1) is 0 Å². The van der Waals surface area contributed by atoms with Gasteiger partial charge in [0.2, 0.25) is 6.29 Å². The van der Waals surface area contributed by atoms with Crippen LogP contribution in [-0.4, -0.2) is 18.0 Å². The number of aryl methyl sites for hydroxylation is 1. The second-order valence-corrected chi connectivity index (χ2v) is 2.83. The van der Waals surface area contributed by atoms with Gasteiger partial charge in [0, 0.05) is 0 Å². The first-order valence-electron chi connectivity index (χ1n) is 3.84. The van der Waals surface area contributed by atoms with Gasteiger partial charge in [0.1, 0.15) is 0 Å². The van der Waals surface area contributed by atoms with Crippen molar-refractivity contribution >= 4 is 0 Å². The van der Waals surface area contributed by atoms with E-state index in [1.54, 1.807) is 6.07 Å². The molecule has 0 spiro atoms. The maximum Gasteiger partial charge on any atom is 0.232 e. The van der Waals surface area contributed by atoms with Gasteiger partial charge in [-0.2, -0.15) is 0 Å². The molecule has 1 aromatic carbocycles.